The van der Waals surface area contributed by atoms with Crippen LogP contribution in [-0.2, 0) is 30.9 Å². The van der Waals surface area contributed by atoms with Gasteiger partial charge in [-0.25, -0.2) is 9.59 Å². The molecule has 1 fully saturated rings. The molecule has 1 aliphatic rings. The van der Waals surface area contributed by atoms with Gasteiger partial charge in [0.2, 0.25) is 0 Å². The van der Waals surface area contributed by atoms with Crippen LogP contribution in [0.3, 0.4) is 0 Å². The van der Waals surface area contributed by atoms with Crippen LogP contribution in [0.2, 0.25) is 5.02 Å². The number of amides is 1. The van der Waals surface area contributed by atoms with Gasteiger partial charge < -0.3 is 14.4 Å². The van der Waals surface area contributed by atoms with Crippen molar-refractivity contribution >= 4 is 39.6 Å². The van der Waals surface area contributed by atoms with E-state index < -0.39 is 39.5 Å². The van der Waals surface area contributed by atoms with Crippen LogP contribution in [0.5, 0.6) is 0 Å². The van der Waals surface area contributed by atoms with Gasteiger partial charge in [-0.3, -0.25) is 0 Å². The van der Waals surface area contributed by atoms with E-state index in [2.05, 4.69) is 0 Å². The van der Waals surface area contributed by atoms with E-state index in [0.717, 1.165) is 5.69 Å². The van der Waals surface area contributed by atoms with E-state index in [0.29, 0.717) is 28.0 Å². The maximum Gasteiger partial charge on any atom is 0.425 e. The number of ether oxygens (including phenoxy) is 2. The van der Waals surface area contributed by atoms with Crippen molar-refractivity contribution in [1.29, 1.82) is 0 Å². The molecular formula is C28H38ClN3O6S. The minimum atomic E-state index is -4.48. The monoisotopic (exact) mass is 579 g/mol. The fourth-order valence-electron chi connectivity index (χ4n) is 4.11. The number of carbonyl (C=O) groups excluding carboxylic acids is 2. The number of halogens is 1. The number of anilines is 1. The average Bonchev–Trinajstić information content (AvgIpc) is 2.82. The van der Waals surface area contributed by atoms with Gasteiger partial charge in [-0.1, -0.05) is 41.9 Å². The molecule has 0 aromatic heterocycles. The highest BCUT2D eigenvalue weighted by atomic mass is 35.5. The number of benzene rings is 2. The van der Waals surface area contributed by atoms with E-state index >= 15 is 0 Å². The lowest BCUT2D eigenvalue weighted by molar-refractivity contribution is -0.159. The van der Waals surface area contributed by atoms with Crippen molar-refractivity contribution < 1.29 is 27.5 Å². The summed E-state index contributed by atoms with van der Waals surface area (Å²) >= 11 is 6.00. The van der Waals surface area contributed by atoms with Gasteiger partial charge in [0, 0.05) is 43.3 Å². The Labute approximate surface area is 236 Å². The molecule has 1 atom stereocenters. The molecule has 214 valence electrons. The third-order valence-electron chi connectivity index (χ3n) is 5.81. The Morgan fingerprint density at radius 2 is 1.41 bits per heavy atom. The summed E-state index contributed by atoms with van der Waals surface area (Å²) < 4.78 is 41.1. The SMILES string of the molecule is CC(C)(C)OC(=O)[C@@H](Cc1ccccc1)N(C(=O)OC(C)(C)C)S(=O)(=O)N1CCN(c2ccc(Cl)cc2)CC1. The topological polar surface area (TPSA) is 96.5 Å². The largest absolute Gasteiger partial charge is 0.458 e. The van der Waals surface area contributed by atoms with Gasteiger partial charge in [0.25, 0.3) is 0 Å². The quantitative estimate of drug-likeness (QED) is 0.431. The molecule has 39 heavy (non-hydrogen) atoms. The van der Waals surface area contributed by atoms with Crippen LogP contribution in [0.4, 0.5) is 10.5 Å². The lowest BCUT2D eigenvalue weighted by atomic mass is 10.1. The van der Waals surface area contributed by atoms with Crippen molar-refractivity contribution in [3.8, 4) is 0 Å². The van der Waals surface area contributed by atoms with Crippen LogP contribution in [0.25, 0.3) is 0 Å². The van der Waals surface area contributed by atoms with Crippen molar-refractivity contribution in [3.05, 3.63) is 65.2 Å². The zero-order valence-corrected chi connectivity index (χ0v) is 25.0. The summed E-state index contributed by atoms with van der Waals surface area (Å²) in [7, 11) is -4.48. The molecule has 1 aliphatic heterocycles. The van der Waals surface area contributed by atoms with Crippen molar-refractivity contribution in [2.45, 2.75) is 65.2 Å². The van der Waals surface area contributed by atoms with E-state index in [-0.39, 0.29) is 19.5 Å². The van der Waals surface area contributed by atoms with Crippen LogP contribution in [0.1, 0.15) is 47.1 Å². The number of esters is 1. The molecule has 11 heteroatoms. The highest BCUT2D eigenvalue weighted by molar-refractivity contribution is 7.87. The smallest absolute Gasteiger partial charge is 0.425 e. The molecule has 0 saturated carbocycles. The molecule has 0 N–H and O–H groups in total. The summed E-state index contributed by atoms with van der Waals surface area (Å²) in [4.78, 5) is 29.1. The van der Waals surface area contributed by atoms with Gasteiger partial charge in [0.05, 0.1) is 0 Å². The molecule has 1 amide bonds. The normalized spacial score (nSPS) is 15.9. The lowest BCUT2D eigenvalue weighted by Crippen LogP contribution is -2.59. The molecule has 0 radical (unpaired) electrons. The maximum atomic E-state index is 14.1. The number of nitrogens with zero attached hydrogens (tertiary/aromatic N) is 3. The number of hydrogen-bond donors (Lipinski definition) is 0. The second kappa shape index (κ2) is 12.1. The number of piperazine rings is 1. The highest BCUT2D eigenvalue weighted by Crippen LogP contribution is 2.26. The Balaban J connectivity index is 1.97. The predicted molar refractivity (Wildman–Crippen MR) is 152 cm³/mol. The van der Waals surface area contributed by atoms with Crippen molar-refractivity contribution in [1.82, 2.24) is 8.61 Å². The molecule has 1 heterocycles. The first-order valence-electron chi connectivity index (χ1n) is 12.9. The first kappa shape index (κ1) is 30.7. The summed E-state index contributed by atoms with van der Waals surface area (Å²) in [5.74, 6) is -0.833. The van der Waals surface area contributed by atoms with E-state index in [4.69, 9.17) is 21.1 Å². The molecule has 0 aliphatic carbocycles. The van der Waals surface area contributed by atoms with Gasteiger partial charge >= 0.3 is 22.3 Å². The average molecular weight is 580 g/mol. The first-order valence-corrected chi connectivity index (χ1v) is 14.6. The van der Waals surface area contributed by atoms with Crippen molar-refractivity contribution in [2.24, 2.45) is 0 Å². The number of hydrogen-bond acceptors (Lipinski definition) is 7. The molecule has 0 spiro atoms. The van der Waals surface area contributed by atoms with Gasteiger partial charge in [-0.15, -0.1) is 0 Å². The standard InChI is InChI=1S/C28H38ClN3O6S/c1-27(2,3)37-25(33)24(20-21-10-8-7-9-11-21)32(26(34)38-28(4,5)6)39(35,36)31-18-16-30(17-19-31)23-14-12-22(29)13-15-23/h7-15,24H,16-20H2,1-6H3/t24-/m1/s1. The molecule has 3 rings (SSSR count). The maximum absolute atomic E-state index is 14.1. The minimum absolute atomic E-state index is 0.0705. The Morgan fingerprint density at radius 1 is 0.872 bits per heavy atom. The van der Waals surface area contributed by atoms with Crippen LogP contribution in [0, 0.1) is 0 Å². The van der Waals surface area contributed by atoms with Crippen LogP contribution < -0.4 is 4.90 Å². The van der Waals surface area contributed by atoms with Gasteiger partial charge in [0.15, 0.2) is 6.04 Å². The van der Waals surface area contributed by atoms with E-state index in [1.54, 1.807) is 77.9 Å². The second-order valence-corrected chi connectivity index (χ2v) is 13.6. The molecule has 0 bridgehead atoms. The van der Waals surface area contributed by atoms with E-state index in [9.17, 15) is 18.0 Å². The summed E-state index contributed by atoms with van der Waals surface area (Å²) in [6, 6.07) is 14.7. The summed E-state index contributed by atoms with van der Waals surface area (Å²) in [6.45, 7) is 11.0. The van der Waals surface area contributed by atoms with Crippen molar-refractivity contribution in [3.63, 3.8) is 0 Å². The first-order chi connectivity index (χ1) is 18.1. The molecule has 1 saturated heterocycles. The predicted octanol–water partition coefficient (Wildman–Crippen LogP) is 4.90. The fourth-order valence-corrected chi connectivity index (χ4v) is 5.82. The van der Waals surface area contributed by atoms with Gasteiger partial charge in [-0.05, 0) is 71.4 Å². The van der Waals surface area contributed by atoms with Crippen LogP contribution in [0.15, 0.2) is 54.6 Å². The van der Waals surface area contributed by atoms with Crippen LogP contribution >= 0.6 is 11.6 Å². The molecule has 2 aromatic carbocycles. The zero-order chi connectivity index (χ0) is 29.0. The fraction of sp³-hybridized carbons (Fsp3) is 0.500. The molecule has 9 nitrogen and oxygen atoms in total. The van der Waals surface area contributed by atoms with Gasteiger partial charge in [-0.2, -0.15) is 17.0 Å². The van der Waals surface area contributed by atoms with Gasteiger partial charge in [0.1, 0.15) is 11.2 Å². The third-order valence-corrected chi connectivity index (χ3v) is 7.98. The molecular weight excluding hydrogens is 542 g/mol. The molecule has 0 unspecified atom stereocenters. The Morgan fingerprint density at radius 3 is 1.92 bits per heavy atom. The summed E-state index contributed by atoms with van der Waals surface area (Å²) in [5, 5.41) is 0.611. The minimum Gasteiger partial charge on any atom is -0.458 e. The Kier molecular flexibility index (Phi) is 9.56. The van der Waals surface area contributed by atoms with E-state index in [1.807, 2.05) is 23.1 Å². The van der Waals surface area contributed by atoms with E-state index in [1.165, 1.54) is 4.31 Å². The Hall–Kier alpha value is -2.82. The number of carbonyl (C=O) groups is 2. The summed E-state index contributed by atoms with van der Waals surface area (Å²) in [5.41, 5.74) is -0.316. The van der Waals surface area contributed by atoms with Crippen molar-refractivity contribution in [2.75, 3.05) is 31.1 Å². The second-order valence-electron chi connectivity index (χ2n) is 11.4. The number of rotatable bonds is 7. The highest BCUT2D eigenvalue weighted by Gasteiger charge is 2.46. The third kappa shape index (κ3) is 8.58. The summed E-state index contributed by atoms with van der Waals surface area (Å²) in [6.07, 6.45) is -1.20. The lowest BCUT2D eigenvalue weighted by Gasteiger charge is -2.39. The Bertz CT molecular complexity index is 1230. The van der Waals surface area contributed by atoms with Crippen LogP contribution in [-0.4, -0.2) is 72.5 Å². The molecule has 2 aromatic rings. The zero-order valence-electron chi connectivity index (χ0n) is 23.4.